The van der Waals surface area contributed by atoms with E-state index in [1.165, 1.54) is 12.1 Å². The Morgan fingerprint density at radius 1 is 1.22 bits per heavy atom. The van der Waals surface area contributed by atoms with Crippen LogP contribution in [0.25, 0.3) is 11.3 Å². The summed E-state index contributed by atoms with van der Waals surface area (Å²) in [5, 5.41) is 6.11. The van der Waals surface area contributed by atoms with Gasteiger partial charge in [-0.25, -0.2) is 14.2 Å². The van der Waals surface area contributed by atoms with Crippen LogP contribution in [0.3, 0.4) is 0 Å². The van der Waals surface area contributed by atoms with Crippen molar-refractivity contribution in [2.75, 3.05) is 18.4 Å². The third-order valence-electron chi connectivity index (χ3n) is 4.42. The standard InChI is InChI=1S/C20H19FN4O2/c21-16-6-3-5-14(10-16)18-11-24-19(27-18)12-23-17-7-2-1-4-15(17)13-25-9-8-22-20(25)26/h1-7,10-11,23H,8-9,12-13H2,(H,22,26). The van der Waals surface area contributed by atoms with Crippen molar-refractivity contribution in [2.45, 2.75) is 13.1 Å². The van der Waals surface area contributed by atoms with Crippen LogP contribution in [0.5, 0.6) is 0 Å². The lowest BCUT2D eigenvalue weighted by Gasteiger charge is -2.17. The molecule has 2 N–H and O–H groups in total. The Morgan fingerprint density at radius 3 is 2.93 bits per heavy atom. The second-order valence-corrected chi connectivity index (χ2v) is 6.29. The van der Waals surface area contributed by atoms with Crippen LogP contribution >= 0.6 is 0 Å². The Hall–Kier alpha value is -3.35. The zero-order chi connectivity index (χ0) is 18.6. The van der Waals surface area contributed by atoms with Gasteiger partial charge >= 0.3 is 6.03 Å². The maximum Gasteiger partial charge on any atom is 0.317 e. The minimum Gasteiger partial charge on any atom is -0.439 e. The fraction of sp³-hybridized carbons (Fsp3) is 0.200. The first-order chi connectivity index (χ1) is 13.2. The number of oxazole rings is 1. The van der Waals surface area contributed by atoms with Crippen molar-refractivity contribution >= 4 is 11.7 Å². The van der Waals surface area contributed by atoms with Crippen LogP contribution in [0.4, 0.5) is 14.9 Å². The number of anilines is 1. The van der Waals surface area contributed by atoms with E-state index in [4.69, 9.17) is 4.42 Å². The molecule has 1 aliphatic rings. The molecule has 4 rings (SSSR count). The third-order valence-corrected chi connectivity index (χ3v) is 4.42. The van der Waals surface area contributed by atoms with Gasteiger partial charge in [-0.05, 0) is 23.8 Å². The summed E-state index contributed by atoms with van der Waals surface area (Å²) in [6.07, 6.45) is 1.59. The Balaban J connectivity index is 1.44. The Kier molecular flexibility index (Phi) is 4.74. The highest BCUT2D eigenvalue weighted by atomic mass is 19.1. The van der Waals surface area contributed by atoms with Gasteiger partial charge in [-0.2, -0.15) is 0 Å². The molecule has 6 nitrogen and oxygen atoms in total. The first kappa shape index (κ1) is 17.1. The number of urea groups is 1. The van der Waals surface area contributed by atoms with Crippen molar-refractivity contribution in [2.24, 2.45) is 0 Å². The molecule has 0 radical (unpaired) electrons. The molecule has 0 spiro atoms. The molecule has 2 heterocycles. The Bertz CT molecular complexity index is 956. The maximum absolute atomic E-state index is 13.4. The van der Waals surface area contributed by atoms with Gasteiger partial charge in [-0.3, -0.25) is 0 Å². The van der Waals surface area contributed by atoms with E-state index in [9.17, 15) is 9.18 Å². The predicted octanol–water partition coefficient (Wildman–Crippen LogP) is 3.62. The minimum absolute atomic E-state index is 0.0442. The highest BCUT2D eigenvalue weighted by Crippen LogP contribution is 2.23. The van der Waals surface area contributed by atoms with Gasteiger partial charge < -0.3 is 20.0 Å². The lowest BCUT2D eigenvalue weighted by Crippen LogP contribution is -2.27. The molecule has 0 aliphatic carbocycles. The summed E-state index contributed by atoms with van der Waals surface area (Å²) in [7, 11) is 0. The largest absolute Gasteiger partial charge is 0.439 e. The molecule has 0 bridgehead atoms. The van der Waals surface area contributed by atoms with Gasteiger partial charge in [-0.15, -0.1) is 0 Å². The van der Waals surface area contributed by atoms with Crippen molar-refractivity contribution < 1.29 is 13.6 Å². The molecule has 0 unspecified atom stereocenters. The molecule has 1 aromatic heterocycles. The molecule has 1 aliphatic heterocycles. The number of carbonyl (C=O) groups is 1. The number of hydrogen-bond acceptors (Lipinski definition) is 4. The third kappa shape index (κ3) is 3.92. The number of nitrogens with one attached hydrogen (secondary N) is 2. The van der Waals surface area contributed by atoms with E-state index >= 15 is 0 Å². The van der Waals surface area contributed by atoms with Gasteiger partial charge in [0, 0.05) is 30.9 Å². The molecule has 3 aromatic rings. The Labute approximate surface area is 156 Å². The number of aromatic nitrogens is 1. The number of nitrogens with zero attached hydrogens (tertiary/aromatic N) is 2. The summed E-state index contributed by atoms with van der Waals surface area (Å²) in [4.78, 5) is 17.8. The Morgan fingerprint density at radius 2 is 2.11 bits per heavy atom. The molecule has 0 atom stereocenters. The fourth-order valence-corrected chi connectivity index (χ4v) is 3.04. The maximum atomic E-state index is 13.4. The number of carbonyl (C=O) groups excluding carboxylic acids is 1. The number of amides is 2. The van der Waals surface area contributed by atoms with E-state index in [1.807, 2.05) is 24.3 Å². The fourth-order valence-electron chi connectivity index (χ4n) is 3.04. The molecule has 2 aromatic carbocycles. The van der Waals surface area contributed by atoms with Gasteiger partial charge in [-0.1, -0.05) is 30.3 Å². The molecule has 7 heteroatoms. The van der Waals surface area contributed by atoms with Crippen LogP contribution in [0, 0.1) is 5.82 Å². The SMILES string of the molecule is O=C1NCCN1Cc1ccccc1NCc1ncc(-c2cccc(F)c2)o1. The zero-order valence-electron chi connectivity index (χ0n) is 14.6. The van der Waals surface area contributed by atoms with Gasteiger partial charge in [0.25, 0.3) is 0 Å². The van der Waals surface area contributed by atoms with E-state index in [0.717, 1.165) is 11.3 Å². The molecule has 0 saturated carbocycles. The minimum atomic E-state index is -0.316. The molecular weight excluding hydrogens is 347 g/mol. The van der Waals surface area contributed by atoms with E-state index < -0.39 is 0 Å². The van der Waals surface area contributed by atoms with E-state index in [-0.39, 0.29) is 11.8 Å². The smallest absolute Gasteiger partial charge is 0.317 e. The average molecular weight is 366 g/mol. The van der Waals surface area contributed by atoms with Crippen LogP contribution in [-0.4, -0.2) is 29.0 Å². The number of benzene rings is 2. The van der Waals surface area contributed by atoms with Gasteiger partial charge in [0.1, 0.15) is 5.82 Å². The van der Waals surface area contributed by atoms with Crippen molar-refractivity contribution in [3.05, 3.63) is 72.0 Å². The molecule has 2 amide bonds. The van der Waals surface area contributed by atoms with Crippen LogP contribution in [0.2, 0.25) is 0 Å². The highest BCUT2D eigenvalue weighted by Gasteiger charge is 2.20. The summed E-state index contributed by atoms with van der Waals surface area (Å²) in [6, 6.07) is 14.0. The first-order valence-corrected chi connectivity index (χ1v) is 8.74. The summed E-state index contributed by atoms with van der Waals surface area (Å²) in [5.74, 6) is 0.708. The number of halogens is 1. The summed E-state index contributed by atoms with van der Waals surface area (Å²) in [6.45, 7) is 2.30. The highest BCUT2D eigenvalue weighted by molar-refractivity contribution is 5.76. The average Bonchev–Trinajstić information content (AvgIpc) is 3.31. The molecule has 27 heavy (non-hydrogen) atoms. The topological polar surface area (TPSA) is 70.4 Å². The van der Waals surface area contributed by atoms with Gasteiger partial charge in [0.2, 0.25) is 5.89 Å². The van der Waals surface area contributed by atoms with E-state index in [1.54, 1.807) is 23.2 Å². The first-order valence-electron chi connectivity index (χ1n) is 8.74. The lowest BCUT2D eigenvalue weighted by atomic mass is 10.1. The van der Waals surface area contributed by atoms with Crippen molar-refractivity contribution in [3.63, 3.8) is 0 Å². The summed E-state index contributed by atoms with van der Waals surface area (Å²) >= 11 is 0. The second-order valence-electron chi connectivity index (χ2n) is 6.29. The second kappa shape index (κ2) is 7.49. The lowest BCUT2D eigenvalue weighted by molar-refractivity contribution is 0.215. The van der Waals surface area contributed by atoms with Crippen LogP contribution in [0.1, 0.15) is 11.5 Å². The molecule has 1 fully saturated rings. The van der Waals surface area contributed by atoms with Gasteiger partial charge in [0.05, 0.1) is 12.7 Å². The monoisotopic (exact) mass is 366 g/mol. The number of para-hydroxylation sites is 1. The van der Waals surface area contributed by atoms with Crippen LogP contribution in [0.15, 0.2) is 59.1 Å². The van der Waals surface area contributed by atoms with Crippen molar-refractivity contribution in [1.29, 1.82) is 0 Å². The molecule has 1 saturated heterocycles. The van der Waals surface area contributed by atoms with E-state index in [2.05, 4.69) is 15.6 Å². The van der Waals surface area contributed by atoms with Gasteiger partial charge in [0.15, 0.2) is 5.76 Å². The number of rotatable bonds is 6. The molecular formula is C20H19FN4O2. The van der Waals surface area contributed by atoms with E-state index in [0.29, 0.717) is 43.4 Å². The van der Waals surface area contributed by atoms with Crippen molar-refractivity contribution in [1.82, 2.24) is 15.2 Å². The van der Waals surface area contributed by atoms with Crippen LogP contribution in [-0.2, 0) is 13.1 Å². The predicted molar refractivity (Wildman–Crippen MR) is 99.5 cm³/mol. The summed E-state index contributed by atoms with van der Waals surface area (Å²) in [5.41, 5.74) is 2.59. The number of hydrogen-bond donors (Lipinski definition) is 2. The van der Waals surface area contributed by atoms with Crippen LogP contribution < -0.4 is 10.6 Å². The quantitative estimate of drug-likeness (QED) is 0.699. The molecule has 138 valence electrons. The normalized spacial score (nSPS) is 13.7. The summed E-state index contributed by atoms with van der Waals surface area (Å²) < 4.78 is 19.1. The zero-order valence-corrected chi connectivity index (χ0v) is 14.6. The van der Waals surface area contributed by atoms with Crippen molar-refractivity contribution in [3.8, 4) is 11.3 Å².